The first kappa shape index (κ1) is 17.5. The van der Waals surface area contributed by atoms with Gasteiger partial charge in [0.2, 0.25) is 0 Å². The number of nitrogens with one attached hydrogen (secondary N) is 1. The fraction of sp³-hybridized carbons (Fsp3) is 0.500. The molecule has 0 aliphatic carbocycles. The molecule has 0 spiro atoms. The van der Waals surface area contributed by atoms with Crippen molar-refractivity contribution in [3.8, 4) is 0 Å². The minimum atomic E-state index is -4.25. The number of rotatable bonds is 6. The van der Waals surface area contributed by atoms with E-state index < -0.39 is 12.7 Å². The van der Waals surface area contributed by atoms with Crippen LogP contribution in [0.4, 0.5) is 13.2 Å². The maximum atomic E-state index is 12.2. The molecule has 2 aromatic heterocycles. The summed E-state index contributed by atoms with van der Waals surface area (Å²) in [4.78, 5) is 0. The van der Waals surface area contributed by atoms with E-state index in [2.05, 4.69) is 15.5 Å². The number of nitrogens with zero attached hydrogens (tertiary/aromatic N) is 4. The van der Waals surface area contributed by atoms with E-state index in [9.17, 15) is 13.2 Å². The number of aromatic nitrogens is 4. The highest BCUT2D eigenvalue weighted by molar-refractivity contribution is 5.85. The van der Waals surface area contributed by atoms with Gasteiger partial charge < -0.3 is 5.32 Å². The largest absolute Gasteiger partial charge is 0.408 e. The zero-order valence-corrected chi connectivity index (χ0v) is 12.3. The average molecular weight is 324 g/mol. The summed E-state index contributed by atoms with van der Waals surface area (Å²) < 4.78 is 39.3. The van der Waals surface area contributed by atoms with Crippen LogP contribution in [0.25, 0.3) is 0 Å². The van der Waals surface area contributed by atoms with Crippen LogP contribution in [0.15, 0.2) is 24.5 Å². The van der Waals surface area contributed by atoms with E-state index in [0.717, 1.165) is 16.9 Å². The second-order valence-electron chi connectivity index (χ2n) is 4.36. The Morgan fingerprint density at radius 2 is 2.00 bits per heavy atom. The predicted octanol–water partition coefficient (Wildman–Crippen LogP) is 2.37. The summed E-state index contributed by atoms with van der Waals surface area (Å²) in [6.45, 7) is 2.73. The van der Waals surface area contributed by atoms with Crippen LogP contribution in [0.5, 0.6) is 0 Å². The Morgan fingerprint density at radius 3 is 2.67 bits per heavy atom. The molecule has 118 valence electrons. The highest BCUT2D eigenvalue weighted by Crippen LogP contribution is 2.16. The maximum Gasteiger partial charge on any atom is 0.408 e. The van der Waals surface area contributed by atoms with Crippen LogP contribution in [0.1, 0.15) is 18.3 Å². The molecule has 0 aromatic carbocycles. The van der Waals surface area contributed by atoms with Crippen molar-refractivity contribution in [2.24, 2.45) is 0 Å². The van der Waals surface area contributed by atoms with Gasteiger partial charge >= 0.3 is 6.18 Å². The van der Waals surface area contributed by atoms with Crippen molar-refractivity contribution >= 4 is 12.4 Å². The molecule has 21 heavy (non-hydrogen) atoms. The smallest absolute Gasteiger partial charge is 0.305 e. The molecule has 0 fully saturated rings. The minimum Gasteiger partial charge on any atom is -0.305 e. The van der Waals surface area contributed by atoms with E-state index >= 15 is 0 Å². The first-order valence-corrected chi connectivity index (χ1v) is 6.28. The molecule has 2 heterocycles. The molecule has 0 amide bonds. The standard InChI is InChI=1S/C12H16F3N5.ClH/c1-2-20-11(3-5-17-20)8-16-7-10-4-6-19(18-10)9-12(13,14)15;/h3-6,16H,2,7-9H2,1H3;1H. The van der Waals surface area contributed by atoms with Gasteiger partial charge in [-0.2, -0.15) is 23.4 Å². The van der Waals surface area contributed by atoms with Gasteiger partial charge in [0, 0.05) is 32.0 Å². The van der Waals surface area contributed by atoms with Crippen LogP contribution >= 0.6 is 12.4 Å². The molecular weight excluding hydrogens is 307 g/mol. The maximum absolute atomic E-state index is 12.2. The lowest BCUT2D eigenvalue weighted by Crippen LogP contribution is -2.19. The molecule has 0 bridgehead atoms. The molecule has 0 aliphatic heterocycles. The Labute approximate surface area is 126 Å². The van der Waals surface area contributed by atoms with E-state index in [1.54, 1.807) is 12.3 Å². The summed E-state index contributed by atoms with van der Waals surface area (Å²) in [7, 11) is 0. The van der Waals surface area contributed by atoms with Crippen LogP contribution < -0.4 is 5.32 Å². The van der Waals surface area contributed by atoms with Crippen molar-refractivity contribution < 1.29 is 13.2 Å². The molecule has 2 aromatic rings. The topological polar surface area (TPSA) is 47.7 Å². The summed E-state index contributed by atoms with van der Waals surface area (Å²) in [5.41, 5.74) is 1.61. The van der Waals surface area contributed by atoms with Crippen molar-refractivity contribution in [3.63, 3.8) is 0 Å². The van der Waals surface area contributed by atoms with E-state index in [1.165, 1.54) is 6.20 Å². The SMILES string of the molecule is CCn1nccc1CNCc1ccn(CC(F)(F)F)n1.Cl. The van der Waals surface area contributed by atoms with Crippen LogP contribution in [0.3, 0.4) is 0 Å². The fourth-order valence-electron chi connectivity index (χ4n) is 1.88. The van der Waals surface area contributed by atoms with Crippen molar-refractivity contribution in [2.75, 3.05) is 0 Å². The lowest BCUT2D eigenvalue weighted by Gasteiger charge is -2.06. The molecule has 0 atom stereocenters. The third-order valence-corrected chi connectivity index (χ3v) is 2.75. The van der Waals surface area contributed by atoms with Crippen molar-refractivity contribution in [1.82, 2.24) is 24.9 Å². The molecule has 0 aliphatic rings. The lowest BCUT2D eigenvalue weighted by molar-refractivity contribution is -0.142. The highest BCUT2D eigenvalue weighted by Gasteiger charge is 2.28. The molecule has 2 rings (SSSR count). The van der Waals surface area contributed by atoms with Crippen LogP contribution in [-0.4, -0.2) is 25.7 Å². The zero-order chi connectivity index (χ0) is 14.6. The molecule has 0 saturated carbocycles. The second-order valence-corrected chi connectivity index (χ2v) is 4.36. The monoisotopic (exact) mass is 323 g/mol. The summed E-state index contributed by atoms with van der Waals surface area (Å²) >= 11 is 0. The third kappa shape index (κ3) is 5.39. The Bertz CT molecular complexity index is 549. The van der Waals surface area contributed by atoms with Crippen molar-refractivity contribution in [2.45, 2.75) is 39.3 Å². The highest BCUT2D eigenvalue weighted by atomic mass is 35.5. The first-order chi connectivity index (χ1) is 9.48. The minimum absolute atomic E-state index is 0. The zero-order valence-electron chi connectivity index (χ0n) is 11.5. The molecule has 1 N–H and O–H groups in total. The molecule has 9 heteroatoms. The quantitative estimate of drug-likeness (QED) is 0.888. The molecular formula is C12H17ClF3N5. The van der Waals surface area contributed by atoms with Gasteiger partial charge in [-0.25, -0.2) is 0 Å². The number of aryl methyl sites for hydroxylation is 1. The third-order valence-electron chi connectivity index (χ3n) is 2.75. The van der Waals surface area contributed by atoms with Gasteiger partial charge in [0.15, 0.2) is 0 Å². The van der Waals surface area contributed by atoms with Gasteiger partial charge in [-0.3, -0.25) is 9.36 Å². The lowest BCUT2D eigenvalue weighted by atomic mass is 10.4. The van der Waals surface area contributed by atoms with Gasteiger partial charge in [-0.05, 0) is 19.1 Å². The van der Waals surface area contributed by atoms with Crippen LogP contribution in [-0.2, 0) is 26.2 Å². The Morgan fingerprint density at radius 1 is 1.24 bits per heavy atom. The average Bonchev–Trinajstić information content (AvgIpc) is 2.96. The van der Waals surface area contributed by atoms with Crippen molar-refractivity contribution in [1.29, 1.82) is 0 Å². The van der Waals surface area contributed by atoms with E-state index in [1.807, 2.05) is 17.7 Å². The summed E-state index contributed by atoms with van der Waals surface area (Å²) in [5, 5.41) is 11.1. The van der Waals surface area contributed by atoms with E-state index in [-0.39, 0.29) is 12.4 Å². The molecule has 5 nitrogen and oxygen atoms in total. The van der Waals surface area contributed by atoms with Gasteiger partial charge in [-0.15, -0.1) is 12.4 Å². The predicted molar refractivity (Wildman–Crippen MR) is 74.0 cm³/mol. The van der Waals surface area contributed by atoms with E-state index in [4.69, 9.17) is 0 Å². The molecule has 0 radical (unpaired) electrons. The van der Waals surface area contributed by atoms with Gasteiger partial charge in [0.05, 0.1) is 11.4 Å². The van der Waals surface area contributed by atoms with Crippen LogP contribution in [0, 0.1) is 0 Å². The summed E-state index contributed by atoms with van der Waals surface area (Å²) in [6, 6.07) is 3.48. The second kappa shape index (κ2) is 7.46. The number of hydrogen-bond acceptors (Lipinski definition) is 3. The first-order valence-electron chi connectivity index (χ1n) is 6.28. The molecule has 0 saturated heterocycles. The Hall–Kier alpha value is -1.54. The van der Waals surface area contributed by atoms with Crippen molar-refractivity contribution in [3.05, 3.63) is 35.9 Å². The van der Waals surface area contributed by atoms with Gasteiger partial charge in [-0.1, -0.05) is 0 Å². The van der Waals surface area contributed by atoms with E-state index in [0.29, 0.717) is 18.8 Å². The molecule has 0 unspecified atom stereocenters. The van der Waals surface area contributed by atoms with Gasteiger partial charge in [0.25, 0.3) is 0 Å². The van der Waals surface area contributed by atoms with Gasteiger partial charge in [0.1, 0.15) is 6.54 Å². The Kier molecular flexibility index (Phi) is 6.22. The normalized spacial score (nSPS) is 11.4. The number of halogens is 4. The van der Waals surface area contributed by atoms with Crippen LogP contribution in [0.2, 0.25) is 0 Å². The summed E-state index contributed by atoms with van der Waals surface area (Å²) in [6.07, 6.45) is -1.19. The Balaban J connectivity index is 0.00000220. The number of hydrogen-bond donors (Lipinski definition) is 1. The number of alkyl halides is 3. The fourth-order valence-corrected chi connectivity index (χ4v) is 1.88. The summed E-state index contributed by atoms with van der Waals surface area (Å²) in [5.74, 6) is 0.